The number of para-hydroxylation sites is 1. The van der Waals surface area contributed by atoms with Gasteiger partial charge in [0.25, 0.3) is 0 Å². The molecule has 0 saturated carbocycles. The average molecular weight is 301 g/mol. The summed E-state index contributed by atoms with van der Waals surface area (Å²) in [6, 6.07) is 19.2. The van der Waals surface area contributed by atoms with E-state index in [1.807, 2.05) is 12.3 Å². The highest BCUT2D eigenvalue weighted by molar-refractivity contribution is 6.12. The van der Waals surface area contributed by atoms with Crippen molar-refractivity contribution in [3.05, 3.63) is 66.4 Å². The largest absolute Gasteiger partial charge is 0.339 e. The molecule has 4 aromatic rings. The van der Waals surface area contributed by atoms with Crippen LogP contribution >= 0.6 is 0 Å². The Kier molecular flexibility index (Phi) is 3.56. The van der Waals surface area contributed by atoms with E-state index in [1.165, 1.54) is 27.5 Å². The molecule has 3 nitrogen and oxygen atoms in total. The van der Waals surface area contributed by atoms with Crippen molar-refractivity contribution in [1.82, 2.24) is 9.97 Å². The van der Waals surface area contributed by atoms with Gasteiger partial charge in [-0.25, -0.2) is 4.98 Å². The highest BCUT2D eigenvalue weighted by Crippen LogP contribution is 2.33. The monoisotopic (exact) mass is 301 g/mol. The summed E-state index contributed by atoms with van der Waals surface area (Å²) in [5, 5.41) is 2.41. The number of hydrogen-bond acceptors (Lipinski definition) is 2. The van der Waals surface area contributed by atoms with Gasteiger partial charge in [0.1, 0.15) is 5.65 Å². The lowest BCUT2D eigenvalue weighted by Gasteiger charge is -2.07. The van der Waals surface area contributed by atoms with Crippen molar-refractivity contribution in [2.24, 2.45) is 5.73 Å². The fourth-order valence-electron chi connectivity index (χ4n) is 3.21. The van der Waals surface area contributed by atoms with E-state index in [1.54, 1.807) is 0 Å². The summed E-state index contributed by atoms with van der Waals surface area (Å²) in [6.45, 7) is 0.728. The summed E-state index contributed by atoms with van der Waals surface area (Å²) in [7, 11) is 0. The second kappa shape index (κ2) is 5.86. The van der Waals surface area contributed by atoms with Gasteiger partial charge in [-0.3, -0.25) is 0 Å². The van der Waals surface area contributed by atoms with Crippen molar-refractivity contribution in [1.29, 1.82) is 0 Å². The molecule has 0 amide bonds. The van der Waals surface area contributed by atoms with Crippen LogP contribution in [0, 0.1) is 0 Å². The number of nitrogens with one attached hydrogen (secondary N) is 1. The maximum atomic E-state index is 5.64. The SMILES string of the molecule is NCCCc1cccc(-c2ccnc3[nH]c4ccccc4c23)c1. The van der Waals surface area contributed by atoms with Crippen LogP contribution < -0.4 is 5.73 Å². The Morgan fingerprint density at radius 2 is 1.91 bits per heavy atom. The number of pyridine rings is 1. The molecule has 0 spiro atoms. The molecule has 0 unspecified atom stereocenters. The van der Waals surface area contributed by atoms with Gasteiger partial charge in [0, 0.05) is 22.5 Å². The average Bonchev–Trinajstić information content (AvgIpc) is 2.99. The summed E-state index contributed by atoms with van der Waals surface area (Å²) in [5.41, 5.74) is 11.5. The molecular formula is C20H19N3. The maximum absolute atomic E-state index is 5.64. The molecule has 0 aliphatic carbocycles. The van der Waals surface area contributed by atoms with E-state index in [0.29, 0.717) is 0 Å². The first-order valence-corrected chi connectivity index (χ1v) is 8.01. The van der Waals surface area contributed by atoms with E-state index in [9.17, 15) is 0 Å². The highest BCUT2D eigenvalue weighted by atomic mass is 14.8. The van der Waals surface area contributed by atoms with Gasteiger partial charge in [0.05, 0.1) is 0 Å². The number of fused-ring (bicyclic) bond motifs is 3. The van der Waals surface area contributed by atoms with Crippen molar-refractivity contribution >= 4 is 21.9 Å². The van der Waals surface area contributed by atoms with E-state index >= 15 is 0 Å². The predicted octanol–water partition coefficient (Wildman–Crippen LogP) is 4.27. The number of hydrogen-bond donors (Lipinski definition) is 2. The number of aromatic nitrogens is 2. The molecule has 114 valence electrons. The van der Waals surface area contributed by atoms with Gasteiger partial charge < -0.3 is 10.7 Å². The molecule has 3 N–H and O–H groups in total. The van der Waals surface area contributed by atoms with Gasteiger partial charge in [-0.15, -0.1) is 0 Å². The Bertz CT molecular complexity index is 969. The zero-order valence-electron chi connectivity index (χ0n) is 12.9. The van der Waals surface area contributed by atoms with Crippen molar-refractivity contribution in [2.45, 2.75) is 12.8 Å². The molecule has 2 aromatic carbocycles. The number of aryl methyl sites for hydroxylation is 1. The molecule has 0 radical (unpaired) electrons. The van der Waals surface area contributed by atoms with Crippen LogP contribution in [0.15, 0.2) is 60.8 Å². The van der Waals surface area contributed by atoms with Crippen molar-refractivity contribution in [3.63, 3.8) is 0 Å². The molecule has 2 heterocycles. The minimum absolute atomic E-state index is 0.728. The molecule has 3 heteroatoms. The smallest absolute Gasteiger partial charge is 0.138 e. The standard InChI is InChI=1S/C20H19N3/c21-11-4-6-14-5-3-7-15(13-14)16-10-12-22-20-19(16)17-8-1-2-9-18(17)23-20/h1-3,5,7-10,12-13H,4,6,11,21H2,(H,22,23). The quantitative estimate of drug-likeness (QED) is 0.591. The second-order valence-electron chi connectivity index (χ2n) is 5.85. The second-order valence-corrected chi connectivity index (χ2v) is 5.85. The van der Waals surface area contributed by atoms with Crippen LogP contribution in [0.5, 0.6) is 0 Å². The number of benzene rings is 2. The molecule has 0 atom stereocenters. The Morgan fingerprint density at radius 1 is 1.00 bits per heavy atom. The summed E-state index contributed by atoms with van der Waals surface area (Å²) in [6.07, 6.45) is 3.91. The predicted molar refractivity (Wildman–Crippen MR) is 96.4 cm³/mol. The molecule has 0 fully saturated rings. The first kappa shape index (κ1) is 14.0. The number of nitrogens with zero attached hydrogens (tertiary/aromatic N) is 1. The van der Waals surface area contributed by atoms with Crippen LogP contribution in [0.3, 0.4) is 0 Å². The summed E-state index contributed by atoms with van der Waals surface area (Å²) in [4.78, 5) is 7.91. The van der Waals surface area contributed by atoms with Gasteiger partial charge in [-0.1, -0.05) is 42.5 Å². The molecule has 0 aliphatic rings. The molecule has 0 bridgehead atoms. The van der Waals surface area contributed by atoms with Crippen LogP contribution in [-0.2, 0) is 6.42 Å². The lowest BCUT2D eigenvalue weighted by molar-refractivity contribution is 0.833. The number of H-pyrrole nitrogens is 1. The molecule has 0 saturated heterocycles. The number of rotatable bonds is 4. The molecule has 23 heavy (non-hydrogen) atoms. The van der Waals surface area contributed by atoms with Crippen LogP contribution in [0.25, 0.3) is 33.1 Å². The van der Waals surface area contributed by atoms with E-state index in [0.717, 1.165) is 30.6 Å². The van der Waals surface area contributed by atoms with Gasteiger partial charge in [-0.2, -0.15) is 0 Å². The van der Waals surface area contributed by atoms with Crippen molar-refractivity contribution < 1.29 is 0 Å². The van der Waals surface area contributed by atoms with E-state index < -0.39 is 0 Å². The topological polar surface area (TPSA) is 54.7 Å². The van der Waals surface area contributed by atoms with Gasteiger partial charge in [0.15, 0.2) is 0 Å². The number of aromatic amines is 1. The molecular weight excluding hydrogens is 282 g/mol. The number of nitrogens with two attached hydrogens (primary N) is 1. The Morgan fingerprint density at radius 3 is 2.83 bits per heavy atom. The fourth-order valence-corrected chi connectivity index (χ4v) is 3.21. The summed E-state index contributed by atoms with van der Waals surface area (Å²) >= 11 is 0. The van der Waals surface area contributed by atoms with Crippen molar-refractivity contribution in [3.8, 4) is 11.1 Å². The normalized spacial score (nSPS) is 11.3. The lowest BCUT2D eigenvalue weighted by atomic mass is 9.98. The third kappa shape index (κ3) is 2.49. The van der Waals surface area contributed by atoms with E-state index in [4.69, 9.17) is 5.73 Å². The zero-order valence-corrected chi connectivity index (χ0v) is 12.9. The highest BCUT2D eigenvalue weighted by Gasteiger charge is 2.11. The van der Waals surface area contributed by atoms with Crippen LogP contribution in [0.4, 0.5) is 0 Å². The third-order valence-electron chi connectivity index (χ3n) is 4.31. The molecule has 4 rings (SSSR count). The third-order valence-corrected chi connectivity index (χ3v) is 4.31. The Labute approximate surface area is 135 Å². The maximum Gasteiger partial charge on any atom is 0.138 e. The van der Waals surface area contributed by atoms with Crippen LogP contribution in [0.1, 0.15) is 12.0 Å². The minimum atomic E-state index is 0.728. The zero-order chi connectivity index (χ0) is 15.6. The first-order valence-electron chi connectivity index (χ1n) is 8.01. The van der Waals surface area contributed by atoms with Crippen LogP contribution in [-0.4, -0.2) is 16.5 Å². The Balaban J connectivity index is 1.92. The van der Waals surface area contributed by atoms with Gasteiger partial charge in [0.2, 0.25) is 0 Å². The molecule has 0 aliphatic heterocycles. The minimum Gasteiger partial charge on any atom is -0.339 e. The van der Waals surface area contributed by atoms with Gasteiger partial charge in [-0.05, 0) is 48.2 Å². The van der Waals surface area contributed by atoms with E-state index in [2.05, 4.69) is 58.5 Å². The van der Waals surface area contributed by atoms with E-state index in [-0.39, 0.29) is 0 Å². The first-order chi connectivity index (χ1) is 11.4. The molecule has 2 aromatic heterocycles. The fraction of sp³-hybridized carbons (Fsp3) is 0.150. The van der Waals surface area contributed by atoms with Crippen molar-refractivity contribution in [2.75, 3.05) is 6.54 Å². The van der Waals surface area contributed by atoms with Gasteiger partial charge >= 0.3 is 0 Å². The Hall–Kier alpha value is -2.65. The summed E-state index contributed by atoms with van der Waals surface area (Å²) < 4.78 is 0. The summed E-state index contributed by atoms with van der Waals surface area (Å²) in [5.74, 6) is 0. The lowest BCUT2D eigenvalue weighted by Crippen LogP contribution is -2.00. The van der Waals surface area contributed by atoms with Crippen LogP contribution in [0.2, 0.25) is 0 Å².